The van der Waals surface area contributed by atoms with E-state index in [2.05, 4.69) is 10.3 Å². The molecule has 1 aromatic heterocycles. The molecule has 2 aromatic rings. The minimum absolute atomic E-state index is 0.0377. The van der Waals surface area contributed by atoms with Gasteiger partial charge in [0.15, 0.2) is 0 Å². The van der Waals surface area contributed by atoms with E-state index >= 15 is 0 Å². The number of fused-ring (bicyclic) bond motifs is 1. The van der Waals surface area contributed by atoms with Crippen molar-refractivity contribution in [2.75, 3.05) is 5.32 Å². The standard InChI is InChI=1S/C17H20FN3O2/c1-10(2)21-16(22)9-15(20-17(21)23)19-14-5-3-4-11-8-12(18)6-7-13(11)14/h6-10,14,19H,3-5H2,1-2H3,(H,20,23)/t14-/m0/s1. The van der Waals surface area contributed by atoms with Crippen molar-refractivity contribution in [3.63, 3.8) is 0 Å². The van der Waals surface area contributed by atoms with Gasteiger partial charge in [0.2, 0.25) is 0 Å². The number of aromatic nitrogens is 2. The maximum absolute atomic E-state index is 13.4. The van der Waals surface area contributed by atoms with Crippen molar-refractivity contribution in [3.05, 3.63) is 62.0 Å². The third kappa shape index (κ3) is 3.06. The van der Waals surface area contributed by atoms with Crippen molar-refractivity contribution in [1.29, 1.82) is 0 Å². The highest BCUT2D eigenvalue weighted by Crippen LogP contribution is 2.32. The fourth-order valence-corrected chi connectivity index (χ4v) is 3.19. The number of H-pyrrole nitrogens is 1. The highest BCUT2D eigenvalue weighted by atomic mass is 19.1. The van der Waals surface area contributed by atoms with Gasteiger partial charge in [-0.3, -0.25) is 14.3 Å². The molecule has 23 heavy (non-hydrogen) atoms. The molecule has 0 aliphatic heterocycles. The predicted molar refractivity (Wildman–Crippen MR) is 87.4 cm³/mol. The second kappa shape index (κ2) is 6.02. The predicted octanol–water partition coefficient (Wildman–Crippen LogP) is 2.75. The zero-order valence-electron chi connectivity index (χ0n) is 13.2. The molecule has 6 heteroatoms. The first-order chi connectivity index (χ1) is 11.0. The quantitative estimate of drug-likeness (QED) is 0.915. The van der Waals surface area contributed by atoms with Crippen LogP contribution in [0.5, 0.6) is 0 Å². The lowest BCUT2D eigenvalue weighted by atomic mass is 9.87. The molecule has 1 aliphatic rings. The van der Waals surface area contributed by atoms with Crippen molar-refractivity contribution < 1.29 is 4.39 Å². The summed E-state index contributed by atoms with van der Waals surface area (Å²) in [5.74, 6) is 0.163. The molecule has 0 unspecified atom stereocenters. The van der Waals surface area contributed by atoms with Gasteiger partial charge < -0.3 is 5.32 Å². The Labute approximate surface area is 133 Å². The Hall–Kier alpha value is -2.37. The Morgan fingerprint density at radius 2 is 2.09 bits per heavy atom. The number of aryl methyl sites for hydroxylation is 1. The maximum Gasteiger partial charge on any atom is 0.330 e. The van der Waals surface area contributed by atoms with Crippen LogP contribution in [0.15, 0.2) is 33.9 Å². The summed E-state index contributed by atoms with van der Waals surface area (Å²) in [5, 5.41) is 3.21. The third-order valence-corrected chi connectivity index (χ3v) is 4.23. The first-order valence-corrected chi connectivity index (χ1v) is 7.86. The van der Waals surface area contributed by atoms with Crippen LogP contribution in [0.25, 0.3) is 0 Å². The summed E-state index contributed by atoms with van der Waals surface area (Å²) in [4.78, 5) is 26.8. The Morgan fingerprint density at radius 1 is 1.30 bits per heavy atom. The molecule has 5 nitrogen and oxygen atoms in total. The molecule has 122 valence electrons. The summed E-state index contributed by atoms with van der Waals surface area (Å²) < 4.78 is 14.5. The number of halogens is 1. The van der Waals surface area contributed by atoms with Gasteiger partial charge in [-0.2, -0.15) is 0 Å². The van der Waals surface area contributed by atoms with Crippen molar-refractivity contribution in [3.8, 4) is 0 Å². The van der Waals surface area contributed by atoms with Crippen molar-refractivity contribution >= 4 is 5.82 Å². The van der Waals surface area contributed by atoms with Gasteiger partial charge in [-0.25, -0.2) is 9.18 Å². The molecule has 2 N–H and O–H groups in total. The first kappa shape index (κ1) is 15.5. The topological polar surface area (TPSA) is 66.9 Å². The normalized spacial score (nSPS) is 17.1. The summed E-state index contributed by atoms with van der Waals surface area (Å²) in [6, 6.07) is 5.94. The fraction of sp³-hybridized carbons (Fsp3) is 0.412. The van der Waals surface area contributed by atoms with Crippen LogP contribution in [0.2, 0.25) is 0 Å². The summed E-state index contributed by atoms with van der Waals surface area (Å²) in [6.07, 6.45) is 2.64. The van der Waals surface area contributed by atoms with Crippen LogP contribution >= 0.6 is 0 Å². The smallest absolute Gasteiger partial charge is 0.330 e. The van der Waals surface area contributed by atoms with Gasteiger partial charge in [-0.1, -0.05) is 6.07 Å². The van der Waals surface area contributed by atoms with E-state index in [1.165, 1.54) is 16.7 Å². The van der Waals surface area contributed by atoms with Gasteiger partial charge in [0.1, 0.15) is 11.6 Å². The van der Waals surface area contributed by atoms with Gasteiger partial charge in [0.05, 0.1) is 6.04 Å². The molecule has 0 bridgehead atoms. The van der Waals surface area contributed by atoms with Crippen LogP contribution in [-0.2, 0) is 6.42 Å². The lowest BCUT2D eigenvalue weighted by molar-refractivity contribution is 0.543. The zero-order chi connectivity index (χ0) is 16.6. The lowest BCUT2D eigenvalue weighted by Crippen LogP contribution is -2.36. The molecule has 0 saturated heterocycles. The monoisotopic (exact) mass is 317 g/mol. The number of hydrogen-bond acceptors (Lipinski definition) is 3. The second-order valence-electron chi connectivity index (χ2n) is 6.22. The van der Waals surface area contributed by atoms with Crippen LogP contribution < -0.4 is 16.6 Å². The molecular formula is C17H20FN3O2. The number of nitrogens with zero attached hydrogens (tertiary/aromatic N) is 1. The minimum atomic E-state index is -0.426. The molecule has 1 heterocycles. The average molecular weight is 317 g/mol. The second-order valence-corrected chi connectivity index (χ2v) is 6.22. The number of benzene rings is 1. The molecule has 0 radical (unpaired) electrons. The lowest BCUT2D eigenvalue weighted by Gasteiger charge is -2.27. The number of hydrogen-bond donors (Lipinski definition) is 2. The van der Waals surface area contributed by atoms with Gasteiger partial charge >= 0.3 is 5.69 Å². The zero-order valence-corrected chi connectivity index (χ0v) is 13.2. The summed E-state index contributed by atoms with van der Waals surface area (Å²) in [5.41, 5.74) is 1.24. The molecule has 1 aliphatic carbocycles. The Bertz CT molecular complexity index is 807. The van der Waals surface area contributed by atoms with E-state index < -0.39 is 5.69 Å². The van der Waals surface area contributed by atoms with E-state index in [9.17, 15) is 14.0 Å². The number of anilines is 1. The van der Waals surface area contributed by atoms with E-state index in [0.29, 0.717) is 5.82 Å². The molecule has 1 atom stereocenters. The molecular weight excluding hydrogens is 297 g/mol. The largest absolute Gasteiger partial charge is 0.365 e. The Morgan fingerprint density at radius 3 is 2.78 bits per heavy atom. The Kier molecular flexibility index (Phi) is 4.07. The van der Waals surface area contributed by atoms with E-state index in [4.69, 9.17) is 0 Å². The van der Waals surface area contributed by atoms with Crippen LogP contribution in [0.3, 0.4) is 0 Å². The molecule has 3 rings (SSSR count). The van der Waals surface area contributed by atoms with Crippen LogP contribution in [-0.4, -0.2) is 9.55 Å². The number of aromatic amines is 1. The van der Waals surface area contributed by atoms with Crippen LogP contribution in [0, 0.1) is 5.82 Å². The highest BCUT2D eigenvalue weighted by molar-refractivity contribution is 5.41. The number of rotatable bonds is 3. The molecule has 0 amide bonds. The maximum atomic E-state index is 13.4. The van der Waals surface area contributed by atoms with E-state index in [-0.39, 0.29) is 23.5 Å². The Balaban J connectivity index is 1.93. The fourth-order valence-electron chi connectivity index (χ4n) is 3.19. The van der Waals surface area contributed by atoms with Crippen molar-refractivity contribution in [1.82, 2.24) is 9.55 Å². The van der Waals surface area contributed by atoms with Crippen LogP contribution in [0.4, 0.5) is 10.2 Å². The molecule has 1 aromatic carbocycles. The third-order valence-electron chi connectivity index (χ3n) is 4.23. The molecule has 0 saturated carbocycles. The van der Waals surface area contributed by atoms with Gasteiger partial charge in [0.25, 0.3) is 5.56 Å². The molecule has 0 fully saturated rings. The molecule has 0 spiro atoms. The summed E-state index contributed by atoms with van der Waals surface area (Å²) in [7, 11) is 0. The van der Waals surface area contributed by atoms with Crippen LogP contribution in [0.1, 0.15) is 49.9 Å². The van der Waals surface area contributed by atoms with Crippen molar-refractivity contribution in [2.24, 2.45) is 0 Å². The first-order valence-electron chi connectivity index (χ1n) is 7.86. The van der Waals surface area contributed by atoms with Gasteiger partial charge in [-0.05, 0) is 56.4 Å². The highest BCUT2D eigenvalue weighted by Gasteiger charge is 2.21. The van der Waals surface area contributed by atoms with Gasteiger partial charge in [-0.15, -0.1) is 0 Å². The summed E-state index contributed by atoms with van der Waals surface area (Å²) >= 11 is 0. The minimum Gasteiger partial charge on any atom is -0.365 e. The SMILES string of the molecule is CC(C)n1c(=O)cc(N[C@H]2CCCc3cc(F)ccc32)[nH]c1=O. The van der Waals surface area contributed by atoms with E-state index in [1.54, 1.807) is 26.0 Å². The summed E-state index contributed by atoms with van der Waals surface area (Å²) in [6.45, 7) is 3.57. The van der Waals surface area contributed by atoms with Crippen molar-refractivity contribution in [2.45, 2.75) is 45.2 Å². The van der Waals surface area contributed by atoms with E-state index in [1.807, 2.05) is 0 Å². The van der Waals surface area contributed by atoms with Gasteiger partial charge in [0, 0.05) is 12.1 Å². The number of nitrogens with one attached hydrogen (secondary N) is 2. The average Bonchev–Trinajstić information content (AvgIpc) is 2.46. The van der Waals surface area contributed by atoms with E-state index in [0.717, 1.165) is 30.4 Å².